The highest BCUT2D eigenvalue weighted by molar-refractivity contribution is 6.37. The molecule has 0 unspecified atom stereocenters. The topological polar surface area (TPSA) is 78.4 Å². The van der Waals surface area contributed by atoms with E-state index in [1.54, 1.807) is 5.32 Å². The van der Waals surface area contributed by atoms with Crippen molar-refractivity contribution in [1.29, 1.82) is 0 Å². The highest BCUT2D eigenvalue weighted by Gasteiger charge is 2.19. The molecule has 0 aliphatic carbocycles. The van der Waals surface area contributed by atoms with E-state index in [9.17, 15) is 23.5 Å². The van der Waals surface area contributed by atoms with E-state index in [4.69, 9.17) is 23.2 Å². The van der Waals surface area contributed by atoms with Gasteiger partial charge in [0, 0.05) is 5.69 Å². The molecule has 9 heteroatoms. The fourth-order valence-electron chi connectivity index (χ4n) is 1.68. The number of hydrogen-bond acceptors (Lipinski definition) is 3. The van der Waals surface area contributed by atoms with Gasteiger partial charge in [0.1, 0.15) is 17.2 Å². The number of halogens is 4. The third-order valence-electron chi connectivity index (χ3n) is 2.69. The fourth-order valence-corrected chi connectivity index (χ4v) is 2.17. The van der Waals surface area contributed by atoms with Gasteiger partial charge in [-0.25, -0.2) is 13.6 Å². The van der Waals surface area contributed by atoms with Gasteiger partial charge in [-0.3, -0.25) is 10.1 Å². The molecule has 2 aromatic carbocycles. The van der Waals surface area contributed by atoms with Gasteiger partial charge in [0.2, 0.25) is 0 Å². The molecule has 0 bridgehead atoms. The van der Waals surface area contributed by atoms with E-state index in [1.165, 1.54) is 12.1 Å². The normalized spacial score (nSPS) is 10.3. The molecule has 0 aliphatic heterocycles. The molecule has 0 spiro atoms. The van der Waals surface area contributed by atoms with Crippen molar-refractivity contribution < 1.29 is 23.5 Å². The van der Waals surface area contributed by atoms with Crippen LogP contribution in [0.25, 0.3) is 0 Å². The van der Waals surface area contributed by atoms with Crippen LogP contribution < -0.4 is 10.6 Å². The molecule has 120 valence electrons. The number of phenols is 1. The Balaban J connectivity index is 2.12. The van der Waals surface area contributed by atoms with Crippen molar-refractivity contribution >= 4 is 40.8 Å². The third-order valence-corrected chi connectivity index (χ3v) is 3.27. The van der Waals surface area contributed by atoms with E-state index in [1.807, 2.05) is 0 Å². The maximum Gasteiger partial charge on any atom is 0.326 e. The first-order valence-electron chi connectivity index (χ1n) is 6.04. The summed E-state index contributed by atoms with van der Waals surface area (Å²) in [7, 11) is 0. The number of rotatable bonds is 2. The molecule has 3 N–H and O–H groups in total. The molecule has 2 rings (SSSR count). The van der Waals surface area contributed by atoms with E-state index >= 15 is 0 Å². The summed E-state index contributed by atoms with van der Waals surface area (Å²) in [6.45, 7) is 0. The van der Waals surface area contributed by atoms with Crippen molar-refractivity contribution in [2.75, 3.05) is 5.32 Å². The van der Waals surface area contributed by atoms with Crippen LogP contribution in [0.15, 0.2) is 30.3 Å². The highest BCUT2D eigenvalue weighted by Crippen LogP contribution is 2.34. The van der Waals surface area contributed by atoms with Crippen LogP contribution in [0.1, 0.15) is 10.4 Å². The Labute approximate surface area is 138 Å². The highest BCUT2D eigenvalue weighted by atomic mass is 35.5. The lowest BCUT2D eigenvalue weighted by Crippen LogP contribution is -2.35. The molecular weight excluding hydrogens is 353 g/mol. The summed E-state index contributed by atoms with van der Waals surface area (Å²) in [5.74, 6) is -3.84. The van der Waals surface area contributed by atoms with Gasteiger partial charge in [-0.15, -0.1) is 0 Å². The lowest BCUT2D eigenvalue weighted by molar-refractivity contribution is 0.0959. The van der Waals surface area contributed by atoms with Gasteiger partial charge in [-0.1, -0.05) is 29.3 Å². The number of carbonyl (C=O) groups excluding carboxylic acids is 2. The van der Waals surface area contributed by atoms with E-state index in [-0.39, 0.29) is 21.5 Å². The summed E-state index contributed by atoms with van der Waals surface area (Å²) in [6, 6.07) is 4.15. The molecule has 0 saturated heterocycles. The molecule has 0 saturated carbocycles. The average molecular weight is 361 g/mol. The number of phenolic OH excluding ortho intramolecular Hbond substituents is 1. The minimum atomic E-state index is -1.26. The predicted octanol–water partition coefficient (Wildman–Crippen LogP) is 3.94. The summed E-state index contributed by atoms with van der Waals surface area (Å²) in [6.07, 6.45) is 0. The van der Waals surface area contributed by atoms with Gasteiger partial charge in [0.05, 0.1) is 10.0 Å². The molecule has 2 aromatic rings. The second kappa shape index (κ2) is 6.80. The summed E-state index contributed by atoms with van der Waals surface area (Å²) in [5, 5.41) is 13.1. The Hall–Kier alpha value is -2.38. The molecule has 5 nitrogen and oxygen atoms in total. The number of anilines is 1. The van der Waals surface area contributed by atoms with Gasteiger partial charge in [-0.2, -0.15) is 0 Å². The van der Waals surface area contributed by atoms with Crippen molar-refractivity contribution in [3.05, 3.63) is 57.6 Å². The first-order valence-corrected chi connectivity index (χ1v) is 6.79. The van der Waals surface area contributed by atoms with Gasteiger partial charge in [0.15, 0.2) is 5.75 Å². The number of aromatic hydroxyl groups is 1. The number of benzene rings is 2. The Morgan fingerprint density at radius 1 is 1.04 bits per heavy atom. The summed E-state index contributed by atoms with van der Waals surface area (Å²) < 4.78 is 26.9. The molecule has 0 fully saturated rings. The van der Waals surface area contributed by atoms with Gasteiger partial charge < -0.3 is 10.4 Å². The minimum absolute atomic E-state index is 0.0668. The first kappa shape index (κ1) is 17.0. The number of nitrogens with one attached hydrogen (secondary N) is 2. The minimum Gasteiger partial charge on any atom is -0.505 e. The fraction of sp³-hybridized carbons (Fsp3) is 0. The van der Waals surface area contributed by atoms with Crippen LogP contribution in [0, 0.1) is 11.6 Å². The number of amides is 3. The standard InChI is InChI=1S/C14H8Cl2F2N2O3/c15-7-4-6(5-8(16)12(7)21)19-14(23)20-13(22)11-9(17)2-1-3-10(11)18/h1-5,21H,(H2,19,20,22,23). The quantitative estimate of drug-likeness (QED) is 0.709. The lowest BCUT2D eigenvalue weighted by atomic mass is 10.2. The van der Waals surface area contributed by atoms with E-state index < -0.39 is 29.1 Å². The zero-order valence-corrected chi connectivity index (χ0v) is 12.7. The van der Waals surface area contributed by atoms with Gasteiger partial charge in [-0.05, 0) is 24.3 Å². The van der Waals surface area contributed by atoms with Crippen molar-refractivity contribution in [3.63, 3.8) is 0 Å². The molecule has 0 aliphatic rings. The largest absolute Gasteiger partial charge is 0.505 e. The van der Waals surface area contributed by atoms with E-state index in [2.05, 4.69) is 5.32 Å². The van der Waals surface area contributed by atoms with Crippen molar-refractivity contribution in [3.8, 4) is 5.75 Å². The Morgan fingerprint density at radius 2 is 1.57 bits per heavy atom. The average Bonchev–Trinajstić information content (AvgIpc) is 2.44. The third kappa shape index (κ3) is 3.88. The van der Waals surface area contributed by atoms with E-state index in [0.29, 0.717) is 0 Å². The number of carbonyl (C=O) groups is 2. The molecule has 0 aromatic heterocycles. The first-order chi connectivity index (χ1) is 10.8. The Kier molecular flexibility index (Phi) is 5.02. The van der Waals surface area contributed by atoms with Crippen LogP contribution in [0.4, 0.5) is 19.3 Å². The summed E-state index contributed by atoms with van der Waals surface area (Å²) in [4.78, 5) is 23.4. The molecular formula is C14H8Cl2F2N2O3. The number of hydrogen-bond donors (Lipinski definition) is 3. The molecule has 0 heterocycles. The summed E-state index contributed by atoms with van der Waals surface area (Å²) in [5.41, 5.74) is -0.818. The second-order valence-electron chi connectivity index (χ2n) is 4.29. The van der Waals surface area contributed by atoms with Crippen LogP contribution in [-0.4, -0.2) is 17.0 Å². The maximum absolute atomic E-state index is 13.4. The monoisotopic (exact) mass is 360 g/mol. The predicted molar refractivity (Wildman–Crippen MR) is 81.0 cm³/mol. The molecule has 0 radical (unpaired) electrons. The lowest BCUT2D eigenvalue weighted by Gasteiger charge is -2.09. The van der Waals surface area contributed by atoms with Gasteiger partial charge >= 0.3 is 6.03 Å². The van der Waals surface area contributed by atoms with Crippen LogP contribution in [0.2, 0.25) is 10.0 Å². The van der Waals surface area contributed by atoms with Crippen LogP contribution in [0.5, 0.6) is 5.75 Å². The van der Waals surface area contributed by atoms with E-state index in [0.717, 1.165) is 18.2 Å². The zero-order valence-electron chi connectivity index (χ0n) is 11.2. The SMILES string of the molecule is O=C(NC(=O)c1c(F)cccc1F)Nc1cc(Cl)c(O)c(Cl)c1. The van der Waals surface area contributed by atoms with Crippen molar-refractivity contribution in [2.45, 2.75) is 0 Å². The zero-order chi connectivity index (χ0) is 17.1. The molecule has 3 amide bonds. The number of urea groups is 1. The maximum atomic E-state index is 13.4. The van der Waals surface area contributed by atoms with Crippen LogP contribution in [-0.2, 0) is 0 Å². The molecule has 23 heavy (non-hydrogen) atoms. The summed E-state index contributed by atoms with van der Waals surface area (Å²) >= 11 is 11.3. The van der Waals surface area contributed by atoms with Crippen molar-refractivity contribution in [1.82, 2.24) is 5.32 Å². The number of imide groups is 1. The van der Waals surface area contributed by atoms with Gasteiger partial charge in [0.25, 0.3) is 5.91 Å². The second-order valence-corrected chi connectivity index (χ2v) is 5.11. The Morgan fingerprint density at radius 3 is 2.09 bits per heavy atom. The van der Waals surface area contributed by atoms with Crippen LogP contribution >= 0.6 is 23.2 Å². The Bertz CT molecular complexity index is 756. The van der Waals surface area contributed by atoms with Crippen molar-refractivity contribution in [2.24, 2.45) is 0 Å². The van der Waals surface area contributed by atoms with Crippen LogP contribution in [0.3, 0.4) is 0 Å². The molecule has 0 atom stereocenters. The smallest absolute Gasteiger partial charge is 0.326 e.